The number of ether oxygens (including phenoxy) is 1. The highest BCUT2D eigenvalue weighted by Gasteiger charge is 2.34. The van der Waals surface area contributed by atoms with E-state index < -0.39 is 11.9 Å². The number of nitrogens with one attached hydrogen (secondary N) is 3. The van der Waals surface area contributed by atoms with Gasteiger partial charge in [0.15, 0.2) is 5.75 Å². The highest BCUT2D eigenvalue weighted by molar-refractivity contribution is 6.34. The van der Waals surface area contributed by atoms with Crippen molar-refractivity contribution in [1.29, 1.82) is 0 Å². The zero-order valence-electron chi connectivity index (χ0n) is 19.2. The van der Waals surface area contributed by atoms with E-state index >= 15 is 0 Å². The van der Waals surface area contributed by atoms with E-state index in [0.29, 0.717) is 39.5 Å². The molecular formula is C25H27FN4O4. The summed E-state index contributed by atoms with van der Waals surface area (Å²) in [7, 11) is 0. The summed E-state index contributed by atoms with van der Waals surface area (Å²) in [6, 6.07) is 4.12. The standard InChI is InChI=1S/C25H27FN4O4/c1-13-21(12-19-18-11-16(26)5-8-20(18)29-23(19)31)27-14(2)22(13)34-25(33)28-17-6-3-15(4-7-17)24(32)30-9-10-30/h5,8,11-12,15,17,27H,3-4,6-7,9-10H2,1-2H3,(H,28,33)(H,29,31)/b19-12-. The zero-order valence-corrected chi connectivity index (χ0v) is 19.2. The van der Waals surface area contributed by atoms with Gasteiger partial charge < -0.3 is 25.3 Å². The maximum atomic E-state index is 13.7. The van der Waals surface area contributed by atoms with E-state index in [1.165, 1.54) is 18.2 Å². The molecule has 178 valence electrons. The number of aryl methyl sites for hydroxylation is 1. The number of fused-ring (bicyclic) bond motifs is 1. The van der Waals surface area contributed by atoms with Crippen molar-refractivity contribution in [1.82, 2.24) is 15.2 Å². The van der Waals surface area contributed by atoms with Gasteiger partial charge in [0.05, 0.1) is 11.3 Å². The molecule has 1 saturated heterocycles. The molecular weight excluding hydrogens is 439 g/mol. The first-order valence-corrected chi connectivity index (χ1v) is 11.6. The molecule has 2 aliphatic heterocycles. The Balaban J connectivity index is 1.25. The van der Waals surface area contributed by atoms with E-state index in [0.717, 1.165) is 38.8 Å². The maximum absolute atomic E-state index is 13.7. The molecule has 34 heavy (non-hydrogen) atoms. The fraction of sp³-hybridized carbons (Fsp3) is 0.400. The summed E-state index contributed by atoms with van der Waals surface area (Å²) in [6.07, 6.45) is 4.12. The number of hydrogen-bond acceptors (Lipinski definition) is 4. The molecule has 9 heteroatoms. The van der Waals surface area contributed by atoms with Crippen LogP contribution in [0.15, 0.2) is 18.2 Å². The number of anilines is 1. The average Bonchev–Trinajstić information content (AvgIpc) is 3.57. The van der Waals surface area contributed by atoms with Crippen LogP contribution in [0.4, 0.5) is 14.9 Å². The minimum atomic E-state index is -0.545. The summed E-state index contributed by atoms with van der Waals surface area (Å²) < 4.78 is 19.3. The molecule has 0 bridgehead atoms. The first-order chi connectivity index (χ1) is 16.3. The molecule has 0 unspecified atom stereocenters. The van der Waals surface area contributed by atoms with E-state index in [2.05, 4.69) is 15.6 Å². The molecule has 3 heterocycles. The molecule has 0 radical (unpaired) electrons. The second-order valence-corrected chi connectivity index (χ2v) is 9.23. The van der Waals surface area contributed by atoms with Crippen molar-refractivity contribution >= 4 is 35.2 Å². The summed E-state index contributed by atoms with van der Waals surface area (Å²) >= 11 is 0. The second-order valence-electron chi connectivity index (χ2n) is 9.23. The van der Waals surface area contributed by atoms with Crippen molar-refractivity contribution in [3.8, 4) is 5.75 Å². The van der Waals surface area contributed by atoms with Gasteiger partial charge in [-0.1, -0.05) is 0 Å². The number of hydrogen-bond donors (Lipinski definition) is 3. The van der Waals surface area contributed by atoms with Gasteiger partial charge in [0.2, 0.25) is 5.91 Å². The zero-order chi connectivity index (χ0) is 24.0. The largest absolute Gasteiger partial charge is 0.412 e. The highest BCUT2D eigenvalue weighted by atomic mass is 19.1. The normalized spacial score (nSPS) is 22.4. The first-order valence-electron chi connectivity index (χ1n) is 11.6. The Bertz CT molecular complexity index is 1210. The number of rotatable bonds is 4. The number of amides is 3. The van der Waals surface area contributed by atoms with E-state index in [4.69, 9.17) is 4.74 Å². The smallest absolute Gasteiger partial charge is 0.408 e. The van der Waals surface area contributed by atoms with Gasteiger partial charge in [0.1, 0.15) is 5.82 Å². The second kappa shape index (κ2) is 8.62. The quantitative estimate of drug-likeness (QED) is 0.472. The molecule has 2 fully saturated rings. The minimum absolute atomic E-state index is 0.0273. The molecule has 5 rings (SSSR count). The van der Waals surface area contributed by atoms with E-state index in [1.54, 1.807) is 19.9 Å². The van der Waals surface area contributed by atoms with Crippen molar-refractivity contribution in [2.24, 2.45) is 5.92 Å². The van der Waals surface area contributed by atoms with Crippen LogP contribution >= 0.6 is 0 Å². The van der Waals surface area contributed by atoms with E-state index in [1.807, 2.05) is 4.90 Å². The van der Waals surface area contributed by atoms with Crippen molar-refractivity contribution in [2.75, 3.05) is 18.4 Å². The minimum Gasteiger partial charge on any atom is -0.408 e. The van der Waals surface area contributed by atoms with Gasteiger partial charge in [-0.3, -0.25) is 9.59 Å². The summed E-state index contributed by atoms with van der Waals surface area (Å²) in [5.74, 6) is -0.0485. The summed E-state index contributed by atoms with van der Waals surface area (Å²) in [4.78, 5) is 42.2. The van der Waals surface area contributed by atoms with Gasteiger partial charge in [-0.15, -0.1) is 0 Å². The molecule has 1 saturated carbocycles. The van der Waals surface area contributed by atoms with Crippen LogP contribution in [-0.2, 0) is 9.59 Å². The lowest BCUT2D eigenvalue weighted by atomic mass is 9.85. The molecule has 3 amide bonds. The number of benzene rings is 1. The van der Waals surface area contributed by atoms with Crippen LogP contribution in [0.3, 0.4) is 0 Å². The van der Waals surface area contributed by atoms with Crippen molar-refractivity contribution in [3.63, 3.8) is 0 Å². The Morgan fingerprint density at radius 2 is 1.91 bits per heavy atom. The van der Waals surface area contributed by atoms with Crippen LogP contribution in [0.5, 0.6) is 5.75 Å². The maximum Gasteiger partial charge on any atom is 0.412 e. The fourth-order valence-electron chi connectivity index (χ4n) is 4.80. The van der Waals surface area contributed by atoms with Gasteiger partial charge >= 0.3 is 6.09 Å². The molecule has 8 nitrogen and oxygen atoms in total. The number of H-pyrrole nitrogens is 1. The van der Waals surface area contributed by atoms with Crippen molar-refractivity contribution < 1.29 is 23.5 Å². The highest BCUT2D eigenvalue weighted by Crippen LogP contribution is 2.36. The predicted octanol–water partition coefficient (Wildman–Crippen LogP) is 3.75. The number of aromatic nitrogens is 1. The molecule has 0 atom stereocenters. The topological polar surface area (TPSA) is 103 Å². The van der Waals surface area contributed by atoms with Crippen LogP contribution in [0.2, 0.25) is 0 Å². The lowest BCUT2D eigenvalue weighted by molar-refractivity contribution is -0.130. The van der Waals surface area contributed by atoms with Gasteiger partial charge in [-0.05, 0) is 63.8 Å². The monoisotopic (exact) mass is 466 g/mol. The summed E-state index contributed by atoms with van der Waals surface area (Å²) in [6.45, 7) is 5.31. The third-order valence-electron chi connectivity index (χ3n) is 6.81. The van der Waals surface area contributed by atoms with Gasteiger partial charge in [0, 0.05) is 47.6 Å². The molecule has 1 aromatic carbocycles. The molecule has 3 aliphatic rings. The lowest BCUT2D eigenvalue weighted by Gasteiger charge is -2.28. The molecule has 1 aromatic heterocycles. The average molecular weight is 467 g/mol. The Labute approximate surface area is 196 Å². The van der Waals surface area contributed by atoms with Crippen LogP contribution in [0.1, 0.15) is 48.2 Å². The fourth-order valence-corrected chi connectivity index (χ4v) is 4.80. The molecule has 2 aromatic rings. The number of aromatic amines is 1. The van der Waals surface area contributed by atoms with E-state index in [9.17, 15) is 18.8 Å². The third kappa shape index (κ3) is 4.30. The molecule has 3 N–H and O–H groups in total. The summed E-state index contributed by atoms with van der Waals surface area (Å²) in [5.41, 5.74) is 3.31. The first kappa shape index (κ1) is 22.2. The van der Waals surface area contributed by atoms with Crippen LogP contribution in [0.25, 0.3) is 11.6 Å². The number of nitrogens with zero attached hydrogens (tertiary/aromatic N) is 1. The van der Waals surface area contributed by atoms with Gasteiger partial charge in [0.25, 0.3) is 5.91 Å². The van der Waals surface area contributed by atoms with Gasteiger partial charge in [-0.2, -0.15) is 0 Å². The van der Waals surface area contributed by atoms with Crippen molar-refractivity contribution in [2.45, 2.75) is 45.6 Å². The Hall–Kier alpha value is -3.62. The van der Waals surface area contributed by atoms with E-state index in [-0.39, 0.29) is 23.8 Å². The Kier molecular flexibility index (Phi) is 5.63. The molecule has 1 aliphatic carbocycles. The van der Waals surface area contributed by atoms with Crippen LogP contribution in [-0.4, -0.2) is 46.9 Å². The number of halogens is 1. The Morgan fingerprint density at radius 1 is 1.18 bits per heavy atom. The Morgan fingerprint density at radius 3 is 2.62 bits per heavy atom. The predicted molar refractivity (Wildman–Crippen MR) is 125 cm³/mol. The number of carbonyl (C=O) groups excluding carboxylic acids is 3. The third-order valence-corrected chi connectivity index (χ3v) is 6.81. The SMILES string of the molecule is Cc1[nH]c(/C=C2\C(=O)Nc3ccc(F)cc32)c(C)c1OC(=O)NC1CCC(C(=O)N2CC2)CC1. The van der Waals surface area contributed by atoms with Crippen molar-refractivity contribution in [3.05, 3.63) is 46.5 Å². The number of carbonyl (C=O) groups is 3. The summed E-state index contributed by atoms with van der Waals surface area (Å²) in [5, 5.41) is 5.64. The van der Waals surface area contributed by atoms with Crippen LogP contribution < -0.4 is 15.4 Å². The van der Waals surface area contributed by atoms with Gasteiger partial charge in [-0.25, -0.2) is 9.18 Å². The lowest BCUT2D eigenvalue weighted by Crippen LogP contribution is -2.40. The van der Waals surface area contributed by atoms with Crippen LogP contribution in [0, 0.1) is 25.6 Å². The molecule has 0 spiro atoms.